The van der Waals surface area contributed by atoms with Crippen molar-refractivity contribution in [1.82, 2.24) is 9.62 Å². The third kappa shape index (κ3) is 6.30. The first-order valence-electron chi connectivity index (χ1n) is 10.4. The number of ether oxygens (including phenoxy) is 2. The molecule has 1 aliphatic rings. The van der Waals surface area contributed by atoms with Gasteiger partial charge < -0.3 is 14.4 Å². The maximum atomic E-state index is 12.7. The molecule has 32 heavy (non-hydrogen) atoms. The second kappa shape index (κ2) is 10.1. The zero-order valence-electron chi connectivity index (χ0n) is 18.4. The topological polar surface area (TPSA) is 102 Å². The highest BCUT2D eigenvalue weighted by molar-refractivity contribution is 7.89. The van der Waals surface area contributed by atoms with E-state index >= 15 is 0 Å². The number of sulfonamides is 1. The van der Waals surface area contributed by atoms with Crippen LogP contribution in [-0.2, 0) is 30.9 Å². The number of hydrogen-bond donors (Lipinski definition) is 1. The smallest absolute Gasteiger partial charge is 0.324 e. The lowest BCUT2D eigenvalue weighted by Crippen LogP contribution is -2.41. The van der Waals surface area contributed by atoms with Gasteiger partial charge in [-0.15, -0.1) is 0 Å². The van der Waals surface area contributed by atoms with E-state index < -0.39 is 28.6 Å². The van der Waals surface area contributed by atoms with Crippen LogP contribution >= 0.6 is 0 Å². The van der Waals surface area contributed by atoms with E-state index in [0.717, 1.165) is 29.7 Å². The first-order valence-corrected chi connectivity index (χ1v) is 11.9. The van der Waals surface area contributed by atoms with Gasteiger partial charge in [-0.25, -0.2) is 8.42 Å². The maximum absolute atomic E-state index is 12.7. The lowest BCUT2D eigenvalue weighted by atomic mass is 10.2. The van der Waals surface area contributed by atoms with Crippen molar-refractivity contribution in [2.45, 2.75) is 50.2 Å². The molecule has 1 atom stereocenters. The number of benzene rings is 2. The van der Waals surface area contributed by atoms with Crippen LogP contribution in [0, 0.1) is 6.92 Å². The summed E-state index contributed by atoms with van der Waals surface area (Å²) in [6.07, 6.45) is 1.81. The van der Waals surface area contributed by atoms with Gasteiger partial charge >= 0.3 is 5.97 Å². The van der Waals surface area contributed by atoms with Crippen LogP contribution in [-0.4, -0.2) is 51.0 Å². The third-order valence-corrected chi connectivity index (χ3v) is 6.73. The lowest BCUT2D eigenvalue weighted by molar-refractivity contribution is -0.153. The Morgan fingerprint density at radius 3 is 2.28 bits per heavy atom. The van der Waals surface area contributed by atoms with Crippen LogP contribution in [0.25, 0.3) is 0 Å². The van der Waals surface area contributed by atoms with Gasteiger partial charge in [-0.3, -0.25) is 9.59 Å². The maximum Gasteiger partial charge on any atom is 0.324 e. The number of nitrogens with zero attached hydrogens (tertiary/aromatic N) is 1. The van der Waals surface area contributed by atoms with E-state index in [2.05, 4.69) is 4.72 Å². The number of carbonyl (C=O) groups is 2. The molecule has 0 unspecified atom stereocenters. The van der Waals surface area contributed by atoms with Gasteiger partial charge in [0.05, 0.1) is 12.0 Å². The molecule has 1 aliphatic carbocycles. The molecule has 0 radical (unpaired) electrons. The van der Waals surface area contributed by atoms with Crippen molar-refractivity contribution in [3.05, 3.63) is 59.7 Å². The Balaban J connectivity index is 1.54. The van der Waals surface area contributed by atoms with Crippen molar-refractivity contribution in [3.8, 4) is 5.75 Å². The number of hydrogen-bond acceptors (Lipinski definition) is 6. The summed E-state index contributed by atoms with van der Waals surface area (Å²) in [7, 11) is -2.29. The summed E-state index contributed by atoms with van der Waals surface area (Å²) in [5, 5.41) is 0. The largest absolute Gasteiger partial charge is 0.497 e. The second-order valence-corrected chi connectivity index (χ2v) is 9.58. The molecule has 2 aromatic rings. The summed E-state index contributed by atoms with van der Waals surface area (Å²) >= 11 is 0. The zero-order valence-corrected chi connectivity index (χ0v) is 19.2. The molecule has 0 heterocycles. The van der Waals surface area contributed by atoms with E-state index in [0.29, 0.717) is 6.54 Å². The van der Waals surface area contributed by atoms with Crippen molar-refractivity contribution in [1.29, 1.82) is 0 Å². The fourth-order valence-corrected chi connectivity index (χ4v) is 4.33. The Morgan fingerprint density at radius 2 is 1.72 bits per heavy atom. The zero-order chi connectivity index (χ0) is 23.3. The van der Waals surface area contributed by atoms with Crippen LogP contribution in [0.5, 0.6) is 5.75 Å². The van der Waals surface area contributed by atoms with Gasteiger partial charge in [0, 0.05) is 12.6 Å². The third-order valence-electron chi connectivity index (χ3n) is 5.17. The van der Waals surface area contributed by atoms with Crippen molar-refractivity contribution in [2.75, 3.05) is 13.7 Å². The summed E-state index contributed by atoms with van der Waals surface area (Å²) in [5.41, 5.74) is 1.86. The van der Waals surface area contributed by atoms with Crippen LogP contribution in [0.2, 0.25) is 0 Å². The SMILES string of the molecule is COc1ccc(CN(C(=O)COC(=O)[C@H](C)NS(=O)(=O)c2ccc(C)cc2)C2CC2)cc1. The average molecular weight is 461 g/mol. The second-order valence-electron chi connectivity index (χ2n) is 7.86. The summed E-state index contributed by atoms with van der Waals surface area (Å²) in [6.45, 7) is 3.19. The van der Waals surface area contributed by atoms with Gasteiger partial charge in [-0.1, -0.05) is 29.8 Å². The van der Waals surface area contributed by atoms with Crippen LogP contribution in [0.15, 0.2) is 53.4 Å². The van der Waals surface area contributed by atoms with Gasteiger partial charge in [0.1, 0.15) is 11.8 Å². The van der Waals surface area contributed by atoms with Crippen LogP contribution in [0.4, 0.5) is 0 Å². The van der Waals surface area contributed by atoms with Crippen molar-refractivity contribution in [3.63, 3.8) is 0 Å². The summed E-state index contributed by atoms with van der Waals surface area (Å²) in [5.74, 6) is -0.395. The highest BCUT2D eigenvalue weighted by Gasteiger charge is 2.33. The lowest BCUT2D eigenvalue weighted by Gasteiger charge is -2.23. The van der Waals surface area contributed by atoms with E-state index in [4.69, 9.17) is 9.47 Å². The number of amides is 1. The first-order chi connectivity index (χ1) is 15.2. The van der Waals surface area contributed by atoms with E-state index in [1.54, 1.807) is 24.1 Å². The monoisotopic (exact) mass is 460 g/mol. The van der Waals surface area contributed by atoms with Crippen molar-refractivity contribution >= 4 is 21.9 Å². The highest BCUT2D eigenvalue weighted by Crippen LogP contribution is 2.29. The van der Waals surface area contributed by atoms with Crippen molar-refractivity contribution in [2.24, 2.45) is 0 Å². The molecule has 2 aromatic carbocycles. The van der Waals surface area contributed by atoms with E-state index in [1.165, 1.54) is 19.1 Å². The molecule has 3 rings (SSSR count). The summed E-state index contributed by atoms with van der Waals surface area (Å²) in [4.78, 5) is 26.8. The number of aryl methyl sites for hydroxylation is 1. The fraction of sp³-hybridized carbons (Fsp3) is 0.391. The quantitative estimate of drug-likeness (QED) is 0.547. The molecular weight excluding hydrogens is 432 g/mol. The highest BCUT2D eigenvalue weighted by atomic mass is 32.2. The molecule has 0 bridgehead atoms. The van der Waals surface area contributed by atoms with Crippen LogP contribution in [0.3, 0.4) is 0 Å². The van der Waals surface area contributed by atoms with Crippen LogP contribution in [0.1, 0.15) is 30.9 Å². The minimum atomic E-state index is -3.88. The minimum absolute atomic E-state index is 0.0539. The molecule has 0 aliphatic heterocycles. The number of methoxy groups -OCH3 is 1. The molecule has 8 nitrogen and oxygen atoms in total. The average Bonchev–Trinajstić information content (AvgIpc) is 3.61. The Kier molecular flexibility index (Phi) is 7.52. The van der Waals surface area contributed by atoms with Gasteiger partial charge in [-0.05, 0) is 56.5 Å². The molecule has 9 heteroatoms. The number of nitrogens with one attached hydrogen (secondary N) is 1. The molecule has 0 saturated heterocycles. The Labute approximate surface area is 188 Å². The molecule has 0 aromatic heterocycles. The van der Waals surface area contributed by atoms with Gasteiger partial charge in [0.25, 0.3) is 5.91 Å². The van der Waals surface area contributed by atoms with E-state index in [9.17, 15) is 18.0 Å². The standard InChI is InChI=1S/C23H28N2O6S/c1-16-4-12-21(13-5-16)32(28,29)24-17(2)23(27)31-15-22(26)25(19-8-9-19)14-18-6-10-20(30-3)11-7-18/h4-7,10-13,17,19,24H,8-9,14-15H2,1-3H3/t17-/m0/s1. The molecule has 1 saturated carbocycles. The van der Waals surface area contributed by atoms with Gasteiger partial charge in [0.2, 0.25) is 10.0 Å². The van der Waals surface area contributed by atoms with Crippen LogP contribution < -0.4 is 9.46 Å². The molecule has 1 fully saturated rings. The summed E-state index contributed by atoms with van der Waals surface area (Å²) < 4.78 is 37.5. The normalized spacial score (nSPS) is 14.5. The minimum Gasteiger partial charge on any atom is -0.497 e. The Morgan fingerprint density at radius 1 is 1.09 bits per heavy atom. The van der Waals surface area contributed by atoms with Gasteiger partial charge in [0.15, 0.2) is 6.61 Å². The van der Waals surface area contributed by atoms with E-state index in [1.807, 2.05) is 31.2 Å². The number of carbonyl (C=O) groups excluding carboxylic acids is 2. The first kappa shape index (κ1) is 23.7. The molecule has 1 amide bonds. The fourth-order valence-electron chi connectivity index (χ4n) is 3.14. The predicted molar refractivity (Wildman–Crippen MR) is 118 cm³/mol. The summed E-state index contributed by atoms with van der Waals surface area (Å²) in [6, 6.07) is 12.7. The molecule has 172 valence electrons. The number of rotatable bonds is 10. The molecule has 1 N–H and O–H groups in total. The Bertz CT molecular complexity index is 1050. The van der Waals surface area contributed by atoms with E-state index in [-0.39, 0.29) is 16.8 Å². The molecular formula is C23H28N2O6S. The number of esters is 1. The van der Waals surface area contributed by atoms with Crippen molar-refractivity contribution < 1.29 is 27.5 Å². The Hall–Kier alpha value is -2.91. The van der Waals surface area contributed by atoms with Gasteiger partial charge in [-0.2, -0.15) is 4.72 Å². The predicted octanol–water partition coefficient (Wildman–Crippen LogP) is 2.40. The molecule has 0 spiro atoms.